The monoisotopic (exact) mass is 1400 g/mol. The molecule has 19 heteroatoms. The minimum Gasteiger partial charge on any atom is -0.394 e. The SMILES string of the molecule is CC/C=C\C/C=C\C/C=C\C/C=C\C/C=C\C/C=C\C/C=C\C/C=C\CCCCC(=O)NC(COC1OC(CO)C(OC2OC(CO)C(OC3OC(CO)C(O)C(O)C3O)C(O)C2O)C(O)C1O)C(O)CCCCCCCCCCCCCCCCCCCCCCCCCCCCC. The lowest BCUT2D eigenvalue weighted by molar-refractivity contribution is -0.379. The first-order valence-electron chi connectivity index (χ1n) is 39.0. The van der Waals surface area contributed by atoms with Crippen LogP contribution in [0.5, 0.6) is 0 Å². The third kappa shape index (κ3) is 40.5. The number of nitrogens with one attached hydrogen (secondary N) is 1. The van der Waals surface area contributed by atoms with Gasteiger partial charge in [-0.3, -0.25) is 4.79 Å². The number of hydrogen-bond donors (Lipinski definition) is 12. The Hall–Kier alpha value is -3.29. The highest BCUT2D eigenvalue weighted by Gasteiger charge is 2.54. The summed E-state index contributed by atoms with van der Waals surface area (Å²) in [6, 6.07) is -0.920. The maximum atomic E-state index is 13.5. The average Bonchev–Trinajstić information content (AvgIpc) is 0.784. The van der Waals surface area contributed by atoms with Crippen LogP contribution in [-0.4, -0.2) is 193 Å². The summed E-state index contributed by atoms with van der Waals surface area (Å²) < 4.78 is 34.5. The molecule has 0 aromatic heterocycles. The smallest absolute Gasteiger partial charge is 0.220 e. The van der Waals surface area contributed by atoms with Crippen LogP contribution in [0.2, 0.25) is 0 Å². The molecule has 3 aliphatic heterocycles. The lowest BCUT2D eigenvalue weighted by Crippen LogP contribution is -2.66. The van der Waals surface area contributed by atoms with E-state index in [9.17, 15) is 61.0 Å². The van der Waals surface area contributed by atoms with Crippen molar-refractivity contribution in [1.29, 1.82) is 0 Å². The zero-order valence-corrected chi connectivity index (χ0v) is 60.9. The Morgan fingerprint density at radius 1 is 0.374 bits per heavy atom. The molecule has 3 aliphatic rings. The van der Waals surface area contributed by atoms with Gasteiger partial charge in [-0.1, -0.05) is 284 Å². The van der Waals surface area contributed by atoms with Gasteiger partial charge in [0.25, 0.3) is 0 Å². The molecule has 0 radical (unpaired) electrons. The highest BCUT2D eigenvalue weighted by molar-refractivity contribution is 5.76. The van der Waals surface area contributed by atoms with E-state index in [1.807, 2.05) is 0 Å². The second-order valence-electron chi connectivity index (χ2n) is 27.4. The largest absolute Gasteiger partial charge is 0.394 e. The van der Waals surface area contributed by atoms with Crippen LogP contribution in [0.3, 0.4) is 0 Å². The lowest BCUT2D eigenvalue weighted by atomic mass is 9.96. The Labute approximate surface area is 596 Å². The van der Waals surface area contributed by atoms with Crippen LogP contribution in [0.15, 0.2) is 97.2 Å². The van der Waals surface area contributed by atoms with Gasteiger partial charge >= 0.3 is 0 Å². The van der Waals surface area contributed by atoms with Gasteiger partial charge in [-0.25, -0.2) is 0 Å². The molecule has 3 saturated heterocycles. The van der Waals surface area contributed by atoms with E-state index < -0.39 is 124 Å². The van der Waals surface area contributed by atoms with Crippen LogP contribution in [0.25, 0.3) is 0 Å². The number of ether oxygens (including phenoxy) is 6. The van der Waals surface area contributed by atoms with Crippen LogP contribution >= 0.6 is 0 Å². The highest BCUT2D eigenvalue weighted by Crippen LogP contribution is 2.33. The minimum absolute atomic E-state index is 0.205. The van der Waals surface area contributed by atoms with Gasteiger partial charge in [0.2, 0.25) is 5.91 Å². The summed E-state index contributed by atoms with van der Waals surface area (Å²) in [5.74, 6) is -0.286. The molecule has 0 bridgehead atoms. The van der Waals surface area contributed by atoms with E-state index in [4.69, 9.17) is 28.4 Å². The van der Waals surface area contributed by atoms with E-state index in [2.05, 4.69) is 116 Å². The van der Waals surface area contributed by atoms with Crippen molar-refractivity contribution in [2.24, 2.45) is 0 Å². The quantitative estimate of drug-likeness (QED) is 0.0199. The molecule has 3 fully saturated rings. The van der Waals surface area contributed by atoms with Gasteiger partial charge < -0.3 is 89.9 Å². The molecule has 17 unspecified atom stereocenters. The van der Waals surface area contributed by atoms with Crippen molar-refractivity contribution in [2.45, 2.75) is 375 Å². The fourth-order valence-electron chi connectivity index (χ4n) is 12.7. The van der Waals surface area contributed by atoms with Crippen LogP contribution in [-0.2, 0) is 33.2 Å². The number of carbonyl (C=O) groups excluding carboxylic acids is 1. The van der Waals surface area contributed by atoms with Crippen molar-refractivity contribution >= 4 is 5.91 Å². The van der Waals surface area contributed by atoms with Crippen molar-refractivity contribution in [3.05, 3.63) is 97.2 Å². The van der Waals surface area contributed by atoms with E-state index >= 15 is 0 Å². The molecule has 12 N–H and O–H groups in total. The first-order valence-corrected chi connectivity index (χ1v) is 39.0. The molecule has 17 atom stereocenters. The minimum atomic E-state index is -1.98. The molecular formula is C80H139NO18. The zero-order chi connectivity index (χ0) is 71.8. The summed E-state index contributed by atoms with van der Waals surface area (Å²) >= 11 is 0. The van der Waals surface area contributed by atoms with Crippen LogP contribution in [0, 0.1) is 0 Å². The molecule has 0 aromatic rings. The van der Waals surface area contributed by atoms with Gasteiger partial charge in [-0.05, 0) is 77.0 Å². The van der Waals surface area contributed by atoms with Gasteiger partial charge in [0, 0.05) is 6.42 Å². The number of aliphatic hydroxyl groups excluding tert-OH is 11. The molecule has 3 heterocycles. The first-order chi connectivity index (χ1) is 48.3. The molecule has 3 rings (SSSR count). The fourth-order valence-corrected chi connectivity index (χ4v) is 12.7. The number of unbranched alkanes of at least 4 members (excludes halogenated alkanes) is 28. The van der Waals surface area contributed by atoms with E-state index in [-0.39, 0.29) is 18.9 Å². The maximum Gasteiger partial charge on any atom is 0.220 e. The molecule has 19 nitrogen and oxygen atoms in total. The molecule has 0 aliphatic carbocycles. The van der Waals surface area contributed by atoms with Crippen LogP contribution in [0.1, 0.15) is 271 Å². The van der Waals surface area contributed by atoms with Crippen molar-refractivity contribution in [3.63, 3.8) is 0 Å². The second kappa shape index (κ2) is 60.0. The summed E-state index contributed by atoms with van der Waals surface area (Å²) in [6.07, 6.45) is 53.4. The summed E-state index contributed by atoms with van der Waals surface area (Å²) in [4.78, 5) is 13.5. The highest BCUT2D eigenvalue weighted by atomic mass is 16.8. The molecule has 0 saturated carbocycles. The topological polar surface area (TPSA) is 307 Å². The van der Waals surface area contributed by atoms with Crippen LogP contribution in [0.4, 0.5) is 0 Å². The van der Waals surface area contributed by atoms with Crippen LogP contribution < -0.4 is 5.32 Å². The number of hydrogen-bond acceptors (Lipinski definition) is 18. The second-order valence-corrected chi connectivity index (χ2v) is 27.4. The molecule has 0 aromatic carbocycles. The molecule has 572 valence electrons. The van der Waals surface area contributed by atoms with Gasteiger partial charge in [-0.15, -0.1) is 0 Å². The van der Waals surface area contributed by atoms with Gasteiger partial charge in [0.1, 0.15) is 73.2 Å². The van der Waals surface area contributed by atoms with E-state index in [1.54, 1.807) is 0 Å². The number of aliphatic hydroxyl groups is 11. The van der Waals surface area contributed by atoms with E-state index in [1.165, 1.54) is 148 Å². The number of amides is 1. The van der Waals surface area contributed by atoms with Crippen molar-refractivity contribution in [2.75, 3.05) is 26.4 Å². The third-order valence-corrected chi connectivity index (χ3v) is 18.9. The Balaban J connectivity index is 1.41. The van der Waals surface area contributed by atoms with Crippen molar-refractivity contribution in [1.82, 2.24) is 5.32 Å². The molecule has 0 spiro atoms. The van der Waals surface area contributed by atoms with Gasteiger partial charge in [0.05, 0.1) is 38.6 Å². The fraction of sp³-hybridized carbons (Fsp3) is 0.787. The van der Waals surface area contributed by atoms with Gasteiger partial charge in [-0.2, -0.15) is 0 Å². The number of allylic oxidation sites excluding steroid dienone is 16. The molecule has 99 heavy (non-hydrogen) atoms. The van der Waals surface area contributed by atoms with Gasteiger partial charge in [0.15, 0.2) is 18.9 Å². The third-order valence-electron chi connectivity index (χ3n) is 18.9. The zero-order valence-electron chi connectivity index (χ0n) is 60.9. The van der Waals surface area contributed by atoms with Crippen molar-refractivity contribution < 1.29 is 89.4 Å². The normalized spacial score (nSPS) is 27.1. The van der Waals surface area contributed by atoms with E-state index in [0.717, 1.165) is 83.5 Å². The van der Waals surface area contributed by atoms with E-state index in [0.29, 0.717) is 19.3 Å². The molecule has 1 amide bonds. The number of carbonyl (C=O) groups is 1. The first kappa shape index (κ1) is 89.9. The lowest BCUT2D eigenvalue weighted by Gasteiger charge is -2.48. The Kier molecular flexibility index (Phi) is 54.5. The summed E-state index contributed by atoms with van der Waals surface area (Å²) in [6.45, 7) is 1.67. The molecular weight excluding hydrogens is 1260 g/mol. The Bertz CT molecular complexity index is 2170. The summed E-state index contributed by atoms with van der Waals surface area (Å²) in [5.41, 5.74) is 0. The Morgan fingerprint density at radius 2 is 0.697 bits per heavy atom. The predicted octanol–water partition coefficient (Wildman–Crippen LogP) is 12.4. The predicted molar refractivity (Wildman–Crippen MR) is 392 cm³/mol. The summed E-state index contributed by atoms with van der Waals surface area (Å²) in [5, 5.41) is 121. The average molecular weight is 1400 g/mol. The maximum absolute atomic E-state index is 13.5. The summed E-state index contributed by atoms with van der Waals surface area (Å²) in [7, 11) is 0. The number of rotatable bonds is 60. The van der Waals surface area contributed by atoms with Crippen molar-refractivity contribution in [3.8, 4) is 0 Å². The standard InChI is InChI=1S/C80H139NO18/c1-3-5-7-9-11-13-15-17-19-21-23-25-27-29-31-33-35-37-39-41-43-45-47-49-51-53-55-57-64(85)63(81-68(86)58-56-54-52-50-48-46-44-42-40-38-36-34-32-30-28-26-24-22-20-18-16-14-12-10-8-6-4-2)62-94-78-74(92)71(89)76(66(60-83)96-78)99-80-75(93)72(90)77(67(61-84)97-80)98-79-73(91)70(88)69(87)65(59-82)95-79/h6,8,12,14,18,20,24,26,30,32,36,38,42,44,48,50,63-67,69-80,82-85,87-93H,3-5,7,9-11,13,15-17,19,21-23,25,27-29,31,33-35,37,39-41,43,45-47,49,51-62H2,1-2H3,(H,81,86)/b8-6-,14-12-,20-18-,26-24-,32-30-,38-36-,44-42-,50-48-. The Morgan fingerprint density at radius 3 is 1.07 bits per heavy atom.